The molecule has 4 heteroatoms. The molecule has 0 aliphatic heterocycles. The SMILES string of the molecule is [C-]#[N+]C1C=CC(n2c3ccccc3c3cc4c(cc32)c2ccccc2n4C(/C=C\C)=C/C)=CC1C#N. The van der Waals surface area contributed by atoms with Crippen molar-refractivity contribution >= 4 is 55.0 Å². The van der Waals surface area contributed by atoms with Crippen molar-refractivity contribution in [3.05, 3.63) is 109 Å². The number of nitrogens with zero attached hydrogens (tertiary/aromatic N) is 4. The molecule has 2 heterocycles. The number of aromatic nitrogens is 2. The first-order valence-electron chi connectivity index (χ1n) is 12.1. The lowest BCUT2D eigenvalue weighted by Gasteiger charge is -2.15. The minimum atomic E-state index is -0.470. The van der Waals surface area contributed by atoms with Crippen LogP contribution in [0.3, 0.4) is 0 Å². The van der Waals surface area contributed by atoms with E-state index < -0.39 is 12.0 Å². The highest BCUT2D eigenvalue weighted by atomic mass is 15.0. The minimum absolute atomic E-state index is 0.442. The van der Waals surface area contributed by atoms with E-state index in [4.69, 9.17) is 6.57 Å². The van der Waals surface area contributed by atoms with Crippen molar-refractivity contribution in [2.75, 3.05) is 0 Å². The Hall–Kier alpha value is -4.80. The van der Waals surface area contributed by atoms with E-state index in [0.29, 0.717) is 0 Å². The molecule has 2 unspecified atom stereocenters. The van der Waals surface area contributed by atoms with Crippen LogP contribution in [0.1, 0.15) is 13.8 Å². The summed E-state index contributed by atoms with van der Waals surface area (Å²) < 4.78 is 4.57. The van der Waals surface area contributed by atoms with E-state index in [1.54, 1.807) is 0 Å². The van der Waals surface area contributed by atoms with Gasteiger partial charge in [0.1, 0.15) is 5.92 Å². The summed E-state index contributed by atoms with van der Waals surface area (Å²) in [7, 11) is 0. The fourth-order valence-corrected chi connectivity index (χ4v) is 5.50. The Morgan fingerprint density at radius 1 is 0.917 bits per heavy atom. The number of hydrogen-bond acceptors (Lipinski definition) is 1. The number of fused-ring (bicyclic) bond motifs is 6. The first-order valence-corrected chi connectivity index (χ1v) is 12.1. The Kier molecular flexibility index (Phi) is 5.10. The zero-order valence-corrected chi connectivity index (χ0v) is 20.2. The van der Waals surface area contributed by atoms with Gasteiger partial charge in [-0.2, -0.15) is 5.26 Å². The second-order valence-corrected chi connectivity index (χ2v) is 9.03. The largest absolute Gasteiger partial charge is 0.310 e. The lowest BCUT2D eigenvalue weighted by atomic mass is 9.95. The summed E-state index contributed by atoms with van der Waals surface area (Å²) in [6.07, 6.45) is 12.1. The van der Waals surface area contributed by atoms with Gasteiger partial charge in [0.2, 0.25) is 0 Å². The molecule has 0 saturated heterocycles. The van der Waals surface area contributed by atoms with E-state index in [1.807, 2.05) is 31.2 Å². The summed E-state index contributed by atoms with van der Waals surface area (Å²) in [5.74, 6) is -0.470. The van der Waals surface area contributed by atoms with Crippen LogP contribution in [0.15, 0.2) is 97.1 Å². The highest BCUT2D eigenvalue weighted by Crippen LogP contribution is 2.40. The van der Waals surface area contributed by atoms with E-state index >= 15 is 0 Å². The zero-order valence-electron chi connectivity index (χ0n) is 20.2. The quantitative estimate of drug-likeness (QED) is 0.196. The van der Waals surface area contributed by atoms with Crippen LogP contribution in [0.2, 0.25) is 0 Å². The summed E-state index contributed by atoms with van der Waals surface area (Å²) in [6, 6.07) is 23.4. The van der Waals surface area contributed by atoms with Crippen LogP contribution in [0.25, 0.3) is 59.9 Å². The lowest BCUT2D eigenvalue weighted by molar-refractivity contribution is 0.778. The Bertz CT molecular complexity index is 1890. The summed E-state index contributed by atoms with van der Waals surface area (Å²) in [4.78, 5) is 3.63. The number of rotatable bonds is 3. The Labute approximate surface area is 209 Å². The van der Waals surface area contributed by atoms with Gasteiger partial charge in [-0.1, -0.05) is 48.6 Å². The molecule has 0 fully saturated rings. The van der Waals surface area contributed by atoms with Gasteiger partial charge in [0.05, 0.1) is 28.1 Å². The van der Waals surface area contributed by atoms with Gasteiger partial charge in [0.15, 0.2) is 0 Å². The van der Waals surface area contributed by atoms with Gasteiger partial charge in [-0.05, 0) is 56.3 Å². The zero-order chi connectivity index (χ0) is 24.8. The molecule has 0 radical (unpaired) electrons. The van der Waals surface area contributed by atoms with Crippen LogP contribution < -0.4 is 0 Å². The third-order valence-corrected chi connectivity index (χ3v) is 7.10. The molecule has 1 aliphatic rings. The number of allylic oxidation sites excluding steroid dienone is 6. The maximum atomic E-state index is 9.72. The summed E-state index contributed by atoms with van der Waals surface area (Å²) in [5, 5.41) is 14.4. The van der Waals surface area contributed by atoms with E-state index in [2.05, 4.69) is 99.8 Å². The molecule has 5 aromatic rings. The van der Waals surface area contributed by atoms with Gasteiger partial charge >= 0.3 is 0 Å². The number of benzene rings is 3. The van der Waals surface area contributed by atoms with E-state index in [9.17, 15) is 5.26 Å². The van der Waals surface area contributed by atoms with Gasteiger partial charge in [-0.3, -0.25) is 0 Å². The van der Waals surface area contributed by atoms with Crippen molar-refractivity contribution in [3.8, 4) is 6.07 Å². The summed E-state index contributed by atoms with van der Waals surface area (Å²) >= 11 is 0. The minimum Gasteiger partial charge on any atom is -0.310 e. The van der Waals surface area contributed by atoms with Crippen molar-refractivity contribution in [3.63, 3.8) is 0 Å². The lowest BCUT2D eigenvalue weighted by Crippen LogP contribution is -2.15. The van der Waals surface area contributed by atoms with E-state index in [-0.39, 0.29) is 0 Å². The van der Waals surface area contributed by atoms with Crippen molar-refractivity contribution in [1.82, 2.24) is 9.13 Å². The molecule has 2 atom stereocenters. The van der Waals surface area contributed by atoms with Crippen LogP contribution in [0.5, 0.6) is 0 Å². The van der Waals surface area contributed by atoms with Crippen LogP contribution in [0.4, 0.5) is 0 Å². The first kappa shape index (κ1) is 21.7. The van der Waals surface area contributed by atoms with Gasteiger partial charge in [-0.25, -0.2) is 6.57 Å². The van der Waals surface area contributed by atoms with E-state index in [1.165, 1.54) is 16.3 Å². The predicted molar refractivity (Wildman–Crippen MR) is 150 cm³/mol. The highest BCUT2D eigenvalue weighted by Gasteiger charge is 2.27. The second kappa shape index (κ2) is 8.45. The molecular formula is C32H24N4. The van der Waals surface area contributed by atoms with Gasteiger partial charge in [-0.15, -0.1) is 0 Å². The highest BCUT2D eigenvalue weighted by molar-refractivity contribution is 6.20. The fourth-order valence-electron chi connectivity index (χ4n) is 5.50. The van der Waals surface area contributed by atoms with Crippen LogP contribution >= 0.6 is 0 Å². The molecule has 36 heavy (non-hydrogen) atoms. The molecular weight excluding hydrogens is 440 g/mol. The Morgan fingerprint density at radius 2 is 1.58 bits per heavy atom. The number of para-hydroxylation sites is 2. The predicted octanol–water partition coefficient (Wildman–Crippen LogP) is 8.18. The van der Waals surface area contributed by atoms with Gasteiger partial charge in [0.25, 0.3) is 6.04 Å². The Morgan fingerprint density at radius 3 is 2.28 bits per heavy atom. The topological polar surface area (TPSA) is 38.0 Å². The number of nitriles is 1. The monoisotopic (exact) mass is 464 g/mol. The molecule has 4 nitrogen and oxygen atoms in total. The van der Waals surface area contributed by atoms with Crippen LogP contribution in [-0.2, 0) is 0 Å². The summed E-state index contributed by atoms with van der Waals surface area (Å²) in [5.41, 5.74) is 6.57. The number of hydrogen-bond donors (Lipinski definition) is 0. The molecule has 3 aromatic carbocycles. The third kappa shape index (κ3) is 3.05. The summed E-state index contributed by atoms with van der Waals surface area (Å²) in [6.45, 7) is 11.6. The molecule has 0 bridgehead atoms. The molecule has 0 N–H and O–H groups in total. The van der Waals surface area contributed by atoms with Crippen molar-refractivity contribution < 1.29 is 0 Å². The molecule has 6 rings (SSSR count). The molecule has 0 saturated carbocycles. The first-order chi connectivity index (χ1) is 17.7. The van der Waals surface area contributed by atoms with Crippen LogP contribution in [-0.4, -0.2) is 15.2 Å². The fraction of sp³-hybridized carbons (Fsp3) is 0.125. The molecule has 0 amide bonds. The van der Waals surface area contributed by atoms with E-state index in [0.717, 1.165) is 38.7 Å². The maximum absolute atomic E-state index is 9.72. The van der Waals surface area contributed by atoms with Crippen molar-refractivity contribution in [1.29, 1.82) is 5.26 Å². The van der Waals surface area contributed by atoms with Crippen molar-refractivity contribution in [2.24, 2.45) is 5.92 Å². The standard InChI is InChI=1S/C32H24N4/c1-4-10-22(5-2)35-29-13-8-6-11-24(29)26-19-32-27(18-31(26)35)25-12-7-9-14-30(25)36(32)23-15-16-28(34-3)21(17-23)20-33/h4-19,21,28H,1-2H3/b10-4-,22-5+. The maximum Gasteiger partial charge on any atom is 0.261 e. The Balaban J connectivity index is 1.75. The average molecular weight is 465 g/mol. The van der Waals surface area contributed by atoms with Gasteiger partial charge in [0, 0.05) is 39.0 Å². The van der Waals surface area contributed by atoms with Crippen LogP contribution in [0, 0.1) is 23.8 Å². The molecule has 2 aromatic heterocycles. The van der Waals surface area contributed by atoms with Gasteiger partial charge < -0.3 is 14.0 Å². The molecule has 1 aliphatic carbocycles. The molecule has 0 spiro atoms. The average Bonchev–Trinajstić information content (AvgIpc) is 3.42. The van der Waals surface area contributed by atoms with Crippen molar-refractivity contribution in [2.45, 2.75) is 19.9 Å². The second-order valence-electron chi connectivity index (χ2n) is 9.03. The smallest absolute Gasteiger partial charge is 0.261 e. The third-order valence-electron chi connectivity index (χ3n) is 7.10. The molecule has 172 valence electrons. The normalized spacial score (nSPS) is 18.3.